The van der Waals surface area contributed by atoms with Crippen molar-refractivity contribution in [2.75, 3.05) is 14.2 Å². The second kappa shape index (κ2) is 7.48. The lowest BCUT2D eigenvalue weighted by atomic mass is 10.2. The highest BCUT2D eigenvalue weighted by Gasteiger charge is 2.15. The van der Waals surface area contributed by atoms with Gasteiger partial charge in [-0.3, -0.25) is 0 Å². The number of nitrogens with zero attached hydrogens (tertiary/aromatic N) is 6. The first-order valence-electron chi connectivity index (χ1n) is 6.41. The van der Waals surface area contributed by atoms with Crippen LogP contribution in [-0.2, 0) is 21.8 Å². The Balaban J connectivity index is 1.95. The number of methoxy groups -OCH3 is 2. The monoisotopic (exact) mass is 314 g/mol. The van der Waals surface area contributed by atoms with Gasteiger partial charge in [0, 0.05) is 20.1 Å². The molecular formula is C11H18N6O3S. The Morgan fingerprint density at radius 1 is 1.29 bits per heavy atom. The van der Waals surface area contributed by atoms with E-state index in [1.54, 1.807) is 18.9 Å². The molecule has 0 radical (unpaired) electrons. The van der Waals surface area contributed by atoms with E-state index in [1.165, 1.54) is 11.8 Å². The third-order valence-electron chi connectivity index (χ3n) is 2.65. The number of tetrazole rings is 1. The Morgan fingerprint density at radius 3 is 2.67 bits per heavy atom. The van der Waals surface area contributed by atoms with Crippen molar-refractivity contribution in [3.8, 4) is 0 Å². The Kier molecular flexibility index (Phi) is 5.65. The summed E-state index contributed by atoms with van der Waals surface area (Å²) in [6.45, 7) is 4.41. The Hall–Kier alpha value is -1.52. The van der Waals surface area contributed by atoms with E-state index in [2.05, 4.69) is 25.7 Å². The molecule has 0 fully saturated rings. The molecule has 0 saturated carbocycles. The molecule has 0 aliphatic carbocycles. The van der Waals surface area contributed by atoms with Crippen LogP contribution < -0.4 is 0 Å². The predicted octanol–water partition coefficient (Wildman–Crippen LogP) is 1.09. The summed E-state index contributed by atoms with van der Waals surface area (Å²) in [6.07, 6.45) is -0.398. The van der Waals surface area contributed by atoms with E-state index < -0.39 is 6.29 Å². The van der Waals surface area contributed by atoms with Gasteiger partial charge in [-0.25, -0.2) is 4.68 Å². The van der Waals surface area contributed by atoms with Crippen molar-refractivity contribution in [3.05, 3.63) is 11.7 Å². The van der Waals surface area contributed by atoms with Crippen molar-refractivity contribution in [1.29, 1.82) is 0 Å². The lowest BCUT2D eigenvalue weighted by Gasteiger charge is -2.13. The van der Waals surface area contributed by atoms with Gasteiger partial charge < -0.3 is 14.0 Å². The minimum atomic E-state index is -0.398. The van der Waals surface area contributed by atoms with Crippen LogP contribution in [0.4, 0.5) is 0 Å². The van der Waals surface area contributed by atoms with E-state index in [4.69, 9.17) is 14.0 Å². The van der Waals surface area contributed by atoms with Crippen LogP contribution in [0.1, 0.15) is 31.5 Å². The second-order valence-corrected chi connectivity index (χ2v) is 5.48. The topological polar surface area (TPSA) is 101 Å². The molecule has 0 amide bonds. The van der Waals surface area contributed by atoms with Crippen LogP contribution in [-0.4, -0.2) is 50.9 Å². The van der Waals surface area contributed by atoms with Gasteiger partial charge in [0.25, 0.3) is 0 Å². The fourth-order valence-corrected chi connectivity index (χ4v) is 2.22. The van der Waals surface area contributed by atoms with Crippen molar-refractivity contribution in [2.45, 2.75) is 43.5 Å². The fourth-order valence-electron chi connectivity index (χ4n) is 1.49. The second-order valence-electron chi connectivity index (χ2n) is 4.54. The minimum Gasteiger partial charge on any atom is -0.354 e. The SMILES string of the molecule is COC(Cn1nnnc1SCc1noc(C(C)C)n1)OC. The lowest BCUT2D eigenvalue weighted by Crippen LogP contribution is -2.21. The Labute approximate surface area is 126 Å². The molecule has 0 aliphatic heterocycles. The normalized spacial score (nSPS) is 11.7. The molecule has 0 aliphatic rings. The molecule has 21 heavy (non-hydrogen) atoms. The van der Waals surface area contributed by atoms with Crippen molar-refractivity contribution in [2.24, 2.45) is 0 Å². The van der Waals surface area contributed by atoms with Crippen molar-refractivity contribution in [3.63, 3.8) is 0 Å². The molecule has 0 saturated heterocycles. The minimum absolute atomic E-state index is 0.214. The maximum absolute atomic E-state index is 5.15. The number of aromatic nitrogens is 6. The molecule has 2 rings (SSSR count). The molecule has 116 valence electrons. The number of rotatable bonds is 8. The molecule has 9 nitrogen and oxygen atoms in total. The zero-order valence-corrected chi connectivity index (χ0v) is 13.2. The molecule has 0 bridgehead atoms. The van der Waals surface area contributed by atoms with Crippen LogP contribution in [0.15, 0.2) is 9.68 Å². The molecule has 0 aromatic carbocycles. The van der Waals surface area contributed by atoms with Gasteiger partial charge in [-0.05, 0) is 10.4 Å². The average Bonchev–Trinajstić information content (AvgIpc) is 3.11. The first kappa shape index (κ1) is 15.9. The first-order chi connectivity index (χ1) is 10.1. The van der Waals surface area contributed by atoms with E-state index in [1.807, 2.05) is 13.8 Å². The van der Waals surface area contributed by atoms with Gasteiger partial charge in [0.05, 0.1) is 12.3 Å². The smallest absolute Gasteiger partial charge is 0.229 e. The van der Waals surface area contributed by atoms with Crippen LogP contribution in [0, 0.1) is 0 Å². The Bertz CT molecular complexity index is 554. The lowest BCUT2D eigenvalue weighted by molar-refractivity contribution is -0.113. The molecular weight excluding hydrogens is 296 g/mol. The van der Waals surface area contributed by atoms with E-state index in [0.29, 0.717) is 29.2 Å². The molecule has 2 heterocycles. The van der Waals surface area contributed by atoms with Crippen LogP contribution in [0.5, 0.6) is 0 Å². The number of ether oxygens (including phenoxy) is 2. The summed E-state index contributed by atoms with van der Waals surface area (Å²) < 4.78 is 17.0. The third-order valence-corrected chi connectivity index (χ3v) is 3.61. The average molecular weight is 314 g/mol. The third kappa shape index (κ3) is 4.22. The number of hydrogen-bond acceptors (Lipinski definition) is 9. The van der Waals surface area contributed by atoms with Crippen LogP contribution in [0.2, 0.25) is 0 Å². The highest BCUT2D eigenvalue weighted by atomic mass is 32.2. The number of thioether (sulfide) groups is 1. The zero-order chi connectivity index (χ0) is 15.2. The van der Waals surface area contributed by atoms with E-state index in [0.717, 1.165) is 0 Å². The summed E-state index contributed by atoms with van der Waals surface area (Å²) in [7, 11) is 3.14. The Morgan fingerprint density at radius 2 is 2.05 bits per heavy atom. The van der Waals surface area contributed by atoms with Crippen LogP contribution in [0.3, 0.4) is 0 Å². The standard InChI is InChI=1S/C11H18N6O3S/c1-7(2)10-12-8(14-20-10)6-21-11-13-15-16-17(11)5-9(18-3)19-4/h7,9H,5-6H2,1-4H3. The van der Waals surface area contributed by atoms with Gasteiger partial charge in [-0.15, -0.1) is 5.10 Å². The van der Waals surface area contributed by atoms with Gasteiger partial charge in [0.2, 0.25) is 11.0 Å². The van der Waals surface area contributed by atoms with Crippen molar-refractivity contribution in [1.82, 2.24) is 30.3 Å². The maximum Gasteiger partial charge on any atom is 0.229 e. The van der Waals surface area contributed by atoms with Crippen molar-refractivity contribution >= 4 is 11.8 Å². The van der Waals surface area contributed by atoms with Crippen LogP contribution in [0.25, 0.3) is 0 Å². The highest BCUT2D eigenvalue weighted by molar-refractivity contribution is 7.98. The summed E-state index contributed by atoms with van der Waals surface area (Å²) in [4.78, 5) is 4.31. The largest absolute Gasteiger partial charge is 0.354 e. The van der Waals surface area contributed by atoms with E-state index in [-0.39, 0.29) is 5.92 Å². The van der Waals surface area contributed by atoms with Crippen molar-refractivity contribution < 1.29 is 14.0 Å². The molecule has 10 heteroatoms. The van der Waals surface area contributed by atoms with Gasteiger partial charge in [0.15, 0.2) is 12.1 Å². The summed E-state index contributed by atoms with van der Waals surface area (Å²) >= 11 is 1.43. The molecule has 2 aromatic rings. The van der Waals surface area contributed by atoms with E-state index in [9.17, 15) is 0 Å². The van der Waals surface area contributed by atoms with Gasteiger partial charge >= 0.3 is 0 Å². The quantitative estimate of drug-likeness (QED) is 0.523. The summed E-state index contributed by atoms with van der Waals surface area (Å²) in [5, 5.41) is 16.1. The van der Waals surface area contributed by atoms with E-state index >= 15 is 0 Å². The van der Waals surface area contributed by atoms with Gasteiger partial charge in [0.1, 0.15) is 0 Å². The zero-order valence-electron chi connectivity index (χ0n) is 12.4. The highest BCUT2D eigenvalue weighted by Crippen LogP contribution is 2.20. The fraction of sp³-hybridized carbons (Fsp3) is 0.727. The van der Waals surface area contributed by atoms with Gasteiger partial charge in [-0.1, -0.05) is 30.8 Å². The van der Waals surface area contributed by atoms with Crippen LogP contribution >= 0.6 is 11.8 Å². The first-order valence-corrected chi connectivity index (χ1v) is 7.39. The van der Waals surface area contributed by atoms with Gasteiger partial charge in [-0.2, -0.15) is 4.98 Å². The molecule has 0 spiro atoms. The summed E-state index contributed by atoms with van der Waals surface area (Å²) in [6, 6.07) is 0. The predicted molar refractivity (Wildman–Crippen MR) is 73.6 cm³/mol. The number of hydrogen-bond donors (Lipinski definition) is 0. The molecule has 0 unspecified atom stereocenters. The molecule has 2 aromatic heterocycles. The molecule has 0 N–H and O–H groups in total. The summed E-state index contributed by atoms with van der Waals surface area (Å²) in [5.41, 5.74) is 0. The maximum atomic E-state index is 5.15. The molecule has 0 atom stereocenters. The summed E-state index contributed by atoms with van der Waals surface area (Å²) in [5.74, 6) is 1.99.